The molecule has 1 atom stereocenters. The van der Waals surface area contributed by atoms with E-state index in [1.165, 1.54) is 18.9 Å². The molecule has 90 valence electrons. The molecule has 0 saturated carbocycles. The molecule has 17 heavy (non-hydrogen) atoms. The van der Waals surface area contributed by atoms with Crippen LogP contribution in [0.2, 0.25) is 0 Å². The largest absolute Gasteiger partial charge is 0.320 e. The van der Waals surface area contributed by atoms with Gasteiger partial charge >= 0.3 is 0 Å². The molecule has 1 heterocycles. The van der Waals surface area contributed by atoms with Gasteiger partial charge in [0.25, 0.3) is 0 Å². The topological polar surface area (TPSA) is 26.0 Å². The van der Waals surface area contributed by atoms with Crippen molar-refractivity contribution in [3.05, 3.63) is 53.7 Å². The zero-order valence-corrected chi connectivity index (χ0v) is 14.0. The molecule has 0 radical (unpaired) electrons. The molecule has 0 spiro atoms. The Morgan fingerprint density at radius 1 is 1.35 bits per heavy atom. The molecule has 2 aromatic rings. The summed E-state index contributed by atoms with van der Waals surface area (Å²) in [6.07, 6.45) is 1.08. The molecular formula is C13H13BrINS. The van der Waals surface area contributed by atoms with E-state index < -0.39 is 0 Å². The number of halogens is 2. The standard InChI is InChI=1S/C13H13BrINS/c1-2-9-4-6-12(17-9)13(16)10-7-8(14)3-5-11(10)15/h3-7,13H,2,16H2,1H3. The summed E-state index contributed by atoms with van der Waals surface area (Å²) in [6, 6.07) is 10.5. The molecule has 0 saturated heterocycles. The molecule has 0 bridgehead atoms. The second-order valence-electron chi connectivity index (χ2n) is 3.80. The van der Waals surface area contributed by atoms with Crippen LogP contribution in [0.5, 0.6) is 0 Å². The van der Waals surface area contributed by atoms with Gasteiger partial charge in [-0.3, -0.25) is 0 Å². The van der Waals surface area contributed by atoms with Gasteiger partial charge in [-0.05, 0) is 64.9 Å². The fourth-order valence-corrected chi connectivity index (χ4v) is 3.68. The summed E-state index contributed by atoms with van der Waals surface area (Å²) in [5, 5.41) is 0. The Labute approximate surface area is 128 Å². The molecule has 2 rings (SSSR count). The van der Waals surface area contributed by atoms with Gasteiger partial charge in [-0.25, -0.2) is 0 Å². The lowest BCUT2D eigenvalue weighted by Gasteiger charge is -2.12. The van der Waals surface area contributed by atoms with Crippen molar-refractivity contribution in [3.63, 3.8) is 0 Å². The Bertz CT molecular complexity index is 524. The molecule has 1 nitrogen and oxygen atoms in total. The lowest BCUT2D eigenvalue weighted by Crippen LogP contribution is -2.11. The van der Waals surface area contributed by atoms with Gasteiger partial charge in [0.1, 0.15) is 0 Å². The molecule has 2 N–H and O–H groups in total. The van der Waals surface area contributed by atoms with Gasteiger partial charge in [-0.2, -0.15) is 0 Å². The predicted octanol–water partition coefficient (Wildman–Crippen LogP) is 4.73. The molecule has 0 aliphatic carbocycles. The van der Waals surface area contributed by atoms with Crippen LogP contribution in [0.4, 0.5) is 0 Å². The van der Waals surface area contributed by atoms with Gasteiger partial charge < -0.3 is 5.73 Å². The van der Waals surface area contributed by atoms with E-state index in [-0.39, 0.29) is 6.04 Å². The molecule has 0 amide bonds. The van der Waals surface area contributed by atoms with Crippen LogP contribution in [0.1, 0.15) is 28.3 Å². The quantitative estimate of drug-likeness (QED) is 0.712. The molecule has 0 aliphatic heterocycles. The third-order valence-corrected chi connectivity index (χ3v) is 5.42. The third-order valence-electron chi connectivity index (χ3n) is 2.63. The van der Waals surface area contributed by atoms with E-state index >= 15 is 0 Å². The number of rotatable bonds is 3. The highest BCUT2D eigenvalue weighted by molar-refractivity contribution is 14.1. The summed E-state index contributed by atoms with van der Waals surface area (Å²) in [7, 11) is 0. The number of thiophene rings is 1. The number of benzene rings is 1. The highest BCUT2D eigenvalue weighted by atomic mass is 127. The lowest BCUT2D eigenvalue weighted by molar-refractivity contribution is 0.885. The average Bonchev–Trinajstić information content (AvgIpc) is 2.80. The summed E-state index contributed by atoms with van der Waals surface area (Å²) in [5.41, 5.74) is 7.52. The minimum Gasteiger partial charge on any atom is -0.320 e. The van der Waals surface area contributed by atoms with Gasteiger partial charge in [0, 0.05) is 17.8 Å². The predicted molar refractivity (Wildman–Crippen MR) is 86.6 cm³/mol. The fraction of sp³-hybridized carbons (Fsp3) is 0.231. The van der Waals surface area contributed by atoms with E-state index in [1.54, 1.807) is 11.3 Å². The first-order chi connectivity index (χ1) is 8.11. The molecule has 0 aliphatic rings. The van der Waals surface area contributed by atoms with Crippen molar-refractivity contribution < 1.29 is 0 Å². The summed E-state index contributed by atoms with van der Waals surface area (Å²) in [4.78, 5) is 2.62. The van der Waals surface area contributed by atoms with Crippen molar-refractivity contribution >= 4 is 49.9 Å². The zero-order valence-electron chi connectivity index (χ0n) is 9.41. The highest BCUT2D eigenvalue weighted by Crippen LogP contribution is 2.31. The van der Waals surface area contributed by atoms with Crippen molar-refractivity contribution in [2.45, 2.75) is 19.4 Å². The maximum Gasteiger partial charge on any atom is 0.0656 e. The van der Waals surface area contributed by atoms with Crippen LogP contribution in [0.3, 0.4) is 0 Å². The van der Waals surface area contributed by atoms with Crippen LogP contribution >= 0.6 is 49.9 Å². The Kier molecular flexibility index (Phi) is 4.63. The van der Waals surface area contributed by atoms with Crippen LogP contribution in [-0.2, 0) is 6.42 Å². The summed E-state index contributed by atoms with van der Waals surface area (Å²) < 4.78 is 2.29. The van der Waals surface area contributed by atoms with Crippen LogP contribution in [0.25, 0.3) is 0 Å². The van der Waals surface area contributed by atoms with Crippen molar-refractivity contribution in [3.8, 4) is 0 Å². The van der Waals surface area contributed by atoms with Crippen molar-refractivity contribution in [1.29, 1.82) is 0 Å². The van der Waals surface area contributed by atoms with Gasteiger partial charge in [-0.15, -0.1) is 11.3 Å². The van der Waals surface area contributed by atoms with Crippen LogP contribution in [0, 0.1) is 3.57 Å². The van der Waals surface area contributed by atoms with E-state index in [1.807, 2.05) is 6.07 Å². The molecular weight excluding hydrogens is 409 g/mol. The molecule has 1 unspecified atom stereocenters. The fourth-order valence-electron chi connectivity index (χ4n) is 1.66. The zero-order chi connectivity index (χ0) is 12.4. The minimum atomic E-state index is -0.0234. The van der Waals surface area contributed by atoms with E-state index in [2.05, 4.69) is 69.7 Å². The molecule has 0 fully saturated rings. The number of aryl methyl sites for hydroxylation is 1. The smallest absolute Gasteiger partial charge is 0.0656 e. The Hall–Kier alpha value is 0.0900. The van der Waals surface area contributed by atoms with Crippen molar-refractivity contribution in [2.24, 2.45) is 5.73 Å². The van der Waals surface area contributed by atoms with Crippen LogP contribution in [0.15, 0.2) is 34.8 Å². The number of nitrogens with two attached hydrogens (primary N) is 1. The maximum atomic E-state index is 6.34. The molecule has 1 aromatic carbocycles. The summed E-state index contributed by atoms with van der Waals surface area (Å²) in [5.74, 6) is 0. The monoisotopic (exact) mass is 421 g/mol. The normalized spacial score (nSPS) is 12.7. The van der Waals surface area contributed by atoms with Gasteiger partial charge in [0.05, 0.1) is 6.04 Å². The van der Waals surface area contributed by atoms with Crippen LogP contribution < -0.4 is 5.73 Å². The Morgan fingerprint density at radius 3 is 2.76 bits per heavy atom. The second-order valence-corrected chi connectivity index (χ2v) is 7.08. The first-order valence-corrected chi connectivity index (χ1v) is 8.09. The van der Waals surface area contributed by atoms with E-state index in [0.717, 1.165) is 10.9 Å². The van der Waals surface area contributed by atoms with Gasteiger partial charge in [0.2, 0.25) is 0 Å². The van der Waals surface area contributed by atoms with Gasteiger partial charge in [-0.1, -0.05) is 22.9 Å². The number of hydrogen-bond donors (Lipinski definition) is 1. The SMILES string of the molecule is CCc1ccc(C(N)c2cc(Br)ccc2I)s1. The van der Waals surface area contributed by atoms with Crippen molar-refractivity contribution in [2.75, 3.05) is 0 Å². The van der Waals surface area contributed by atoms with Crippen LogP contribution in [-0.4, -0.2) is 0 Å². The third kappa shape index (κ3) is 3.10. The summed E-state index contributed by atoms with van der Waals surface area (Å²) in [6.45, 7) is 2.17. The minimum absolute atomic E-state index is 0.0234. The Morgan fingerprint density at radius 2 is 2.12 bits per heavy atom. The highest BCUT2D eigenvalue weighted by Gasteiger charge is 2.14. The molecule has 1 aromatic heterocycles. The first-order valence-electron chi connectivity index (χ1n) is 5.41. The average molecular weight is 422 g/mol. The molecule has 4 heteroatoms. The van der Waals surface area contributed by atoms with E-state index in [0.29, 0.717) is 0 Å². The number of hydrogen-bond acceptors (Lipinski definition) is 2. The van der Waals surface area contributed by atoms with E-state index in [9.17, 15) is 0 Å². The summed E-state index contributed by atoms with van der Waals surface area (Å²) >= 11 is 7.65. The van der Waals surface area contributed by atoms with Gasteiger partial charge in [0.15, 0.2) is 0 Å². The first kappa shape index (κ1) is 13.5. The van der Waals surface area contributed by atoms with E-state index in [4.69, 9.17) is 5.73 Å². The maximum absolute atomic E-state index is 6.34. The second kappa shape index (κ2) is 5.82. The Balaban J connectivity index is 2.35. The van der Waals surface area contributed by atoms with Crippen molar-refractivity contribution in [1.82, 2.24) is 0 Å². The lowest BCUT2D eigenvalue weighted by atomic mass is 10.1.